The van der Waals surface area contributed by atoms with E-state index in [9.17, 15) is 9.59 Å². The van der Waals surface area contributed by atoms with E-state index >= 15 is 0 Å². The first-order valence-corrected chi connectivity index (χ1v) is 9.64. The summed E-state index contributed by atoms with van der Waals surface area (Å²) in [5, 5.41) is 7.16. The van der Waals surface area contributed by atoms with E-state index in [1.165, 1.54) is 6.20 Å². The average molecular weight is 388 g/mol. The number of carbonyl (C=O) groups excluding carboxylic acids is 2. The molecule has 1 saturated carbocycles. The topological polar surface area (TPSA) is 80.1 Å². The molecule has 4 rings (SSSR count). The number of carbonyl (C=O) groups is 2. The van der Waals surface area contributed by atoms with Gasteiger partial charge >= 0.3 is 0 Å². The van der Waals surface area contributed by atoms with Crippen molar-refractivity contribution in [1.82, 2.24) is 25.0 Å². The molecule has 8 heteroatoms. The van der Waals surface area contributed by atoms with E-state index in [2.05, 4.69) is 15.4 Å². The van der Waals surface area contributed by atoms with Crippen molar-refractivity contribution in [2.24, 2.45) is 7.05 Å². The van der Waals surface area contributed by atoms with E-state index in [0.717, 1.165) is 31.2 Å². The highest BCUT2D eigenvalue weighted by Gasteiger charge is 2.32. The molecule has 1 aliphatic carbocycles. The number of likely N-dealkylation sites (tertiary alicyclic amines) is 1. The number of amides is 2. The minimum absolute atomic E-state index is 0.0428. The number of aryl methyl sites for hydroxylation is 1. The molecular formula is C19H22ClN5O2. The zero-order valence-corrected chi connectivity index (χ0v) is 15.9. The van der Waals surface area contributed by atoms with Gasteiger partial charge in [0.25, 0.3) is 11.8 Å². The van der Waals surface area contributed by atoms with Gasteiger partial charge in [0.15, 0.2) is 0 Å². The lowest BCUT2D eigenvalue weighted by molar-refractivity contribution is 0.0724. The van der Waals surface area contributed by atoms with Crippen molar-refractivity contribution in [3.63, 3.8) is 0 Å². The Kier molecular flexibility index (Phi) is 4.86. The van der Waals surface area contributed by atoms with Crippen LogP contribution in [0.2, 0.25) is 5.15 Å². The Labute approximate surface area is 162 Å². The number of hydrogen-bond acceptors (Lipinski definition) is 4. The van der Waals surface area contributed by atoms with Gasteiger partial charge in [-0.2, -0.15) is 5.10 Å². The second-order valence-corrected chi connectivity index (χ2v) is 7.65. The van der Waals surface area contributed by atoms with Crippen LogP contribution in [-0.4, -0.2) is 50.6 Å². The normalized spacial score (nSPS) is 19.3. The minimum atomic E-state index is -0.183. The van der Waals surface area contributed by atoms with E-state index in [-0.39, 0.29) is 23.0 Å². The fourth-order valence-electron chi connectivity index (χ4n) is 3.58. The Morgan fingerprint density at radius 1 is 1.30 bits per heavy atom. The zero-order valence-electron chi connectivity index (χ0n) is 15.2. The van der Waals surface area contributed by atoms with Gasteiger partial charge in [-0.15, -0.1) is 0 Å². The summed E-state index contributed by atoms with van der Waals surface area (Å²) in [4.78, 5) is 31.3. The number of pyridine rings is 1. The molecule has 1 aliphatic heterocycles. The number of hydrogen-bond donors (Lipinski definition) is 1. The van der Waals surface area contributed by atoms with Crippen LogP contribution in [0.15, 0.2) is 24.7 Å². The van der Waals surface area contributed by atoms with Gasteiger partial charge in [0.05, 0.1) is 17.3 Å². The lowest BCUT2D eigenvalue weighted by atomic mass is 10.1. The van der Waals surface area contributed by atoms with E-state index < -0.39 is 0 Å². The molecule has 2 amide bonds. The summed E-state index contributed by atoms with van der Waals surface area (Å²) in [7, 11) is 1.77. The molecule has 1 atom stereocenters. The maximum Gasteiger partial charge on any atom is 0.257 e. The molecule has 0 radical (unpaired) electrons. The molecule has 27 heavy (non-hydrogen) atoms. The number of halogens is 1. The van der Waals surface area contributed by atoms with Gasteiger partial charge in [-0.1, -0.05) is 11.6 Å². The fraction of sp³-hybridized carbons (Fsp3) is 0.474. The van der Waals surface area contributed by atoms with Crippen LogP contribution in [0.1, 0.15) is 57.9 Å². The van der Waals surface area contributed by atoms with Crippen LogP contribution in [0.5, 0.6) is 0 Å². The number of rotatable bonds is 5. The van der Waals surface area contributed by atoms with Crippen LogP contribution in [0.3, 0.4) is 0 Å². The van der Waals surface area contributed by atoms with Gasteiger partial charge in [-0.3, -0.25) is 14.3 Å². The highest BCUT2D eigenvalue weighted by atomic mass is 35.5. The van der Waals surface area contributed by atoms with E-state index in [0.29, 0.717) is 30.1 Å². The van der Waals surface area contributed by atoms with Gasteiger partial charge in [-0.25, -0.2) is 4.98 Å². The summed E-state index contributed by atoms with van der Waals surface area (Å²) >= 11 is 6.21. The summed E-state index contributed by atoms with van der Waals surface area (Å²) in [5.41, 5.74) is 2.06. The number of nitrogens with one attached hydrogen (secondary N) is 1. The monoisotopic (exact) mass is 387 g/mol. The molecule has 0 aromatic carbocycles. The molecule has 2 aromatic heterocycles. The first-order valence-electron chi connectivity index (χ1n) is 9.26. The Balaban J connectivity index is 1.44. The van der Waals surface area contributed by atoms with Crippen molar-refractivity contribution < 1.29 is 9.59 Å². The van der Waals surface area contributed by atoms with Crippen molar-refractivity contribution in [2.75, 3.05) is 13.1 Å². The Morgan fingerprint density at radius 3 is 2.81 bits per heavy atom. The first-order chi connectivity index (χ1) is 13.0. The quantitative estimate of drug-likeness (QED) is 0.799. The molecule has 0 spiro atoms. The molecule has 0 bridgehead atoms. The molecule has 142 valence electrons. The number of nitrogens with zero attached hydrogens (tertiary/aromatic N) is 4. The summed E-state index contributed by atoms with van der Waals surface area (Å²) < 4.78 is 1.59. The van der Waals surface area contributed by atoms with Crippen molar-refractivity contribution in [2.45, 2.75) is 37.6 Å². The standard InChI is InChI=1S/C19H22ClN5O2/c1-24-11-14(9-23-24)18(26)22-10-15-3-2-6-25(15)19(27)16-7-13(12-4-5-12)8-21-17(16)20/h7-9,11-12,15H,2-6,10H2,1H3,(H,22,26). The highest BCUT2D eigenvalue weighted by molar-refractivity contribution is 6.32. The molecule has 2 aromatic rings. The van der Waals surface area contributed by atoms with Crippen LogP contribution < -0.4 is 5.32 Å². The van der Waals surface area contributed by atoms with Crippen molar-refractivity contribution in [1.29, 1.82) is 0 Å². The lowest BCUT2D eigenvalue weighted by Crippen LogP contribution is -2.43. The molecule has 1 unspecified atom stereocenters. The van der Waals surface area contributed by atoms with Crippen LogP contribution in [0.4, 0.5) is 0 Å². The second kappa shape index (κ2) is 7.31. The maximum atomic E-state index is 13.1. The van der Waals surface area contributed by atoms with E-state index in [4.69, 9.17) is 11.6 Å². The molecule has 1 saturated heterocycles. The van der Waals surface area contributed by atoms with Gasteiger partial charge in [0.1, 0.15) is 5.15 Å². The van der Waals surface area contributed by atoms with E-state index in [1.807, 2.05) is 11.0 Å². The summed E-state index contributed by atoms with van der Waals surface area (Å²) in [6.07, 6.45) is 9.02. The van der Waals surface area contributed by atoms with Crippen molar-refractivity contribution in [3.8, 4) is 0 Å². The third-order valence-electron chi connectivity index (χ3n) is 5.24. The largest absolute Gasteiger partial charge is 0.350 e. The predicted molar refractivity (Wildman–Crippen MR) is 101 cm³/mol. The second-order valence-electron chi connectivity index (χ2n) is 7.29. The van der Waals surface area contributed by atoms with Crippen LogP contribution >= 0.6 is 11.6 Å². The SMILES string of the molecule is Cn1cc(C(=O)NCC2CCCN2C(=O)c2cc(C3CC3)cnc2Cl)cn1. The lowest BCUT2D eigenvalue weighted by Gasteiger charge is -2.25. The fourth-order valence-corrected chi connectivity index (χ4v) is 3.76. The van der Waals surface area contributed by atoms with Gasteiger partial charge in [0.2, 0.25) is 0 Å². The smallest absolute Gasteiger partial charge is 0.257 e. The third-order valence-corrected chi connectivity index (χ3v) is 5.54. The number of aromatic nitrogens is 3. The highest BCUT2D eigenvalue weighted by Crippen LogP contribution is 2.40. The van der Waals surface area contributed by atoms with Gasteiger partial charge in [-0.05, 0) is 43.2 Å². The average Bonchev–Trinajstić information content (AvgIpc) is 3.24. The Morgan fingerprint density at radius 2 is 2.11 bits per heavy atom. The first kappa shape index (κ1) is 18.0. The molecular weight excluding hydrogens is 366 g/mol. The van der Waals surface area contributed by atoms with Gasteiger partial charge < -0.3 is 10.2 Å². The Bertz CT molecular complexity index is 877. The zero-order chi connectivity index (χ0) is 19.0. The molecule has 7 nitrogen and oxygen atoms in total. The van der Waals surface area contributed by atoms with Crippen molar-refractivity contribution >= 4 is 23.4 Å². The molecule has 3 heterocycles. The molecule has 2 fully saturated rings. The van der Waals surface area contributed by atoms with Gasteiger partial charge in [0, 0.05) is 38.6 Å². The van der Waals surface area contributed by atoms with Crippen LogP contribution in [-0.2, 0) is 7.05 Å². The predicted octanol–water partition coefficient (Wildman–Crippen LogP) is 2.38. The van der Waals surface area contributed by atoms with Crippen LogP contribution in [0, 0.1) is 0 Å². The van der Waals surface area contributed by atoms with Crippen LogP contribution in [0.25, 0.3) is 0 Å². The summed E-state index contributed by atoms with van der Waals surface area (Å²) in [6.45, 7) is 1.07. The summed E-state index contributed by atoms with van der Waals surface area (Å²) in [6, 6.07) is 1.85. The maximum absolute atomic E-state index is 13.1. The summed E-state index contributed by atoms with van der Waals surface area (Å²) in [5.74, 6) is 0.223. The molecule has 1 N–H and O–H groups in total. The van der Waals surface area contributed by atoms with E-state index in [1.54, 1.807) is 24.1 Å². The third kappa shape index (κ3) is 3.83. The molecule has 2 aliphatic rings. The van der Waals surface area contributed by atoms with Crippen molar-refractivity contribution in [3.05, 3.63) is 46.5 Å². The Hall–Kier alpha value is -2.41. The minimum Gasteiger partial charge on any atom is -0.350 e.